The van der Waals surface area contributed by atoms with Gasteiger partial charge in [-0.25, -0.2) is 0 Å². The van der Waals surface area contributed by atoms with E-state index in [1.54, 1.807) is 0 Å². The topological polar surface area (TPSA) is 31.1 Å². The van der Waals surface area contributed by atoms with Gasteiger partial charge in [-0.1, -0.05) is 23.7 Å². The second-order valence-corrected chi connectivity index (χ2v) is 5.91. The second-order valence-electron chi connectivity index (χ2n) is 5.47. The molecule has 106 valence electrons. The third kappa shape index (κ3) is 2.90. The summed E-state index contributed by atoms with van der Waals surface area (Å²) in [6.07, 6.45) is 5.19. The molecule has 2 aromatic rings. The summed E-state index contributed by atoms with van der Waals surface area (Å²) >= 11 is 5.99. The molecule has 0 aliphatic carbocycles. The van der Waals surface area contributed by atoms with Crippen molar-refractivity contribution in [2.75, 3.05) is 13.6 Å². The standard InChI is InChI=1S/C16H20ClN3/c1-20-9-7-15(19-11-12-6-8-18-10-12)16(20)13-2-4-14(17)5-3-13/h2-6,8,10,15-16,18-19H,7,9,11H2,1H3/t15-,16-/m1/s1. The molecule has 20 heavy (non-hydrogen) atoms. The summed E-state index contributed by atoms with van der Waals surface area (Å²) in [4.78, 5) is 5.51. The van der Waals surface area contributed by atoms with Gasteiger partial charge in [0.1, 0.15) is 0 Å². The molecule has 3 nitrogen and oxygen atoms in total. The lowest BCUT2D eigenvalue weighted by molar-refractivity contribution is 0.286. The maximum Gasteiger partial charge on any atom is 0.0499 e. The molecule has 1 saturated heterocycles. The number of hydrogen-bond donors (Lipinski definition) is 2. The first-order valence-corrected chi connectivity index (χ1v) is 7.42. The molecular weight excluding hydrogens is 270 g/mol. The number of likely N-dealkylation sites (N-methyl/N-ethyl adjacent to an activating group) is 1. The Labute approximate surface area is 124 Å². The molecule has 1 aromatic carbocycles. The summed E-state index contributed by atoms with van der Waals surface area (Å²) in [5.41, 5.74) is 2.63. The number of likely N-dealkylation sites (tertiary alicyclic amines) is 1. The van der Waals surface area contributed by atoms with Crippen LogP contribution in [0.2, 0.25) is 5.02 Å². The minimum absolute atomic E-state index is 0.422. The maximum atomic E-state index is 5.99. The molecule has 0 spiro atoms. The molecule has 0 bridgehead atoms. The van der Waals surface area contributed by atoms with Crippen molar-refractivity contribution in [2.45, 2.75) is 25.0 Å². The van der Waals surface area contributed by atoms with Crippen LogP contribution in [0.3, 0.4) is 0 Å². The summed E-state index contributed by atoms with van der Waals surface area (Å²) in [6.45, 7) is 2.03. The van der Waals surface area contributed by atoms with E-state index in [0.29, 0.717) is 12.1 Å². The SMILES string of the molecule is CN1CC[C@@H](NCc2cc[nH]c2)[C@H]1c1ccc(Cl)cc1. The molecule has 1 fully saturated rings. The van der Waals surface area contributed by atoms with Crippen LogP contribution in [0.25, 0.3) is 0 Å². The normalized spacial score (nSPS) is 23.3. The Hall–Kier alpha value is -1.29. The monoisotopic (exact) mass is 289 g/mol. The molecular formula is C16H20ClN3. The minimum atomic E-state index is 0.422. The average Bonchev–Trinajstić information content (AvgIpc) is 3.07. The highest BCUT2D eigenvalue weighted by Crippen LogP contribution is 2.31. The van der Waals surface area contributed by atoms with E-state index < -0.39 is 0 Å². The molecule has 3 rings (SSSR count). The number of nitrogens with one attached hydrogen (secondary N) is 2. The van der Waals surface area contributed by atoms with Crippen molar-refractivity contribution >= 4 is 11.6 Å². The van der Waals surface area contributed by atoms with Crippen molar-refractivity contribution in [1.82, 2.24) is 15.2 Å². The fourth-order valence-corrected chi connectivity index (χ4v) is 3.15. The number of H-pyrrole nitrogens is 1. The van der Waals surface area contributed by atoms with E-state index in [-0.39, 0.29) is 0 Å². The Bertz CT molecular complexity index is 535. The van der Waals surface area contributed by atoms with Gasteiger partial charge in [0.05, 0.1) is 0 Å². The molecule has 0 saturated carbocycles. The highest BCUT2D eigenvalue weighted by atomic mass is 35.5. The van der Waals surface area contributed by atoms with Gasteiger partial charge in [0.15, 0.2) is 0 Å². The predicted octanol–water partition coefficient (Wildman–Crippen LogP) is 3.20. The molecule has 2 atom stereocenters. The van der Waals surface area contributed by atoms with Gasteiger partial charge in [0.2, 0.25) is 0 Å². The Morgan fingerprint density at radius 1 is 1.30 bits per heavy atom. The minimum Gasteiger partial charge on any atom is -0.367 e. The third-order valence-corrected chi connectivity index (χ3v) is 4.34. The van der Waals surface area contributed by atoms with Crippen molar-refractivity contribution < 1.29 is 0 Å². The van der Waals surface area contributed by atoms with Gasteiger partial charge in [-0.15, -0.1) is 0 Å². The lowest BCUT2D eigenvalue weighted by Gasteiger charge is -2.26. The summed E-state index contributed by atoms with van der Waals surface area (Å²) in [5, 5.41) is 4.48. The number of benzene rings is 1. The first-order chi connectivity index (χ1) is 9.74. The summed E-state index contributed by atoms with van der Waals surface area (Å²) in [5.74, 6) is 0. The molecule has 1 aromatic heterocycles. The first-order valence-electron chi connectivity index (χ1n) is 7.05. The van der Waals surface area contributed by atoms with Crippen LogP contribution < -0.4 is 5.32 Å². The highest BCUT2D eigenvalue weighted by molar-refractivity contribution is 6.30. The molecule has 2 heterocycles. The van der Waals surface area contributed by atoms with Gasteiger partial charge < -0.3 is 10.3 Å². The van der Waals surface area contributed by atoms with Gasteiger partial charge in [-0.05, 0) is 42.8 Å². The van der Waals surface area contributed by atoms with Crippen molar-refractivity contribution in [2.24, 2.45) is 0 Å². The number of halogens is 1. The van der Waals surface area contributed by atoms with Crippen LogP contribution in [-0.4, -0.2) is 29.5 Å². The zero-order valence-electron chi connectivity index (χ0n) is 11.6. The molecule has 0 unspecified atom stereocenters. The Morgan fingerprint density at radius 3 is 2.80 bits per heavy atom. The van der Waals surface area contributed by atoms with Gasteiger partial charge in [-0.3, -0.25) is 4.90 Å². The third-order valence-electron chi connectivity index (χ3n) is 4.09. The van der Waals surface area contributed by atoms with Gasteiger partial charge in [0, 0.05) is 42.6 Å². The van der Waals surface area contributed by atoms with Gasteiger partial charge in [-0.2, -0.15) is 0 Å². The van der Waals surface area contributed by atoms with Crippen LogP contribution in [-0.2, 0) is 6.54 Å². The fraction of sp³-hybridized carbons (Fsp3) is 0.375. The van der Waals surface area contributed by atoms with Crippen LogP contribution >= 0.6 is 11.6 Å². The lowest BCUT2D eigenvalue weighted by Crippen LogP contribution is -2.34. The zero-order chi connectivity index (χ0) is 13.9. The number of aromatic amines is 1. The van der Waals surface area contributed by atoms with Crippen molar-refractivity contribution in [3.05, 3.63) is 58.9 Å². The number of aromatic nitrogens is 1. The summed E-state index contributed by atoms with van der Waals surface area (Å²) in [7, 11) is 2.19. The van der Waals surface area contributed by atoms with Crippen LogP contribution in [0.15, 0.2) is 42.7 Å². The maximum absolute atomic E-state index is 5.99. The van der Waals surface area contributed by atoms with Gasteiger partial charge in [0.25, 0.3) is 0 Å². The molecule has 2 N–H and O–H groups in total. The van der Waals surface area contributed by atoms with Crippen LogP contribution in [0.1, 0.15) is 23.6 Å². The quantitative estimate of drug-likeness (QED) is 0.906. The van der Waals surface area contributed by atoms with E-state index >= 15 is 0 Å². The van der Waals surface area contributed by atoms with Crippen LogP contribution in [0.4, 0.5) is 0 Å². The summed E-state index contributed by atoms with van der Waals surface area (Å²) in [6, 6.07) is 11.3. The molecule has 0 radical (unpaired) electrons. The Morgan fingerprint density at radius 2 is 2.10 bits per heavy atom. The Kier molecular flexibility index (Phi) is 4.10. The van der Waals surface area contributed by atoms with E-state index in [9.17, 15) is 0 Å². The predicted molar refractivity (Wildman–Crippen MR) is 82.9 cm³/mol. The van der Waals surface area contributed by atoms with E-state index in [1.165, 1.54) is 17.5 Å². The van der Waals surface area contributed by atoms with Crippen LogP contribution in [0, 0.1) is 0 Å². The van der Waals surface area contributed by atoms with E-state index in [1.807, 2.05) is 24.5 Å². The van der Waals surface area contributed by atoms with E-state index in [0.717, 1.165) is 18.1 Å². The molecule has 4 heteroatoms. The van der Waals surface area contributed by atoms with Crippen LogP contribution in [0.5, 0.6) is 0 Å². The smallest absolute Gasteiger partial charge is 0.0499 e. The van der Waals surface area contributed by atoms with Crippen molar-refractivity contribution in [3.8, 4) is 0 Å². The molecule has 0 amide bonds. The lowest BCUT2D eigenvalue weighted by atomic mass is 10.00. The fourth-order valence-electron chi connectivity index (χ4n) is 3.02. The second kappa shape index (κ2) is 6.00. The molecule has 1 aliphatic heterocycles. The van der Waals surface area contributed by atoms with E-state index in [2.05, 4.69) is 40.4 Å². The van der Waals surface area contributed by atoms with Crippen molar-refractivity contribution in [3.63, 3.8) is 0 Å². The average molecular weight is 290 g/mol. The summed E-state index contributed by atoms with van der Waals surface area (Å²) < 4.78 is 0. The first kappa shape index (κ1) is 13.7. The molecule has 1 aliphatic rings. The number of nitrogens with zero attached hydrogens (tertiary/aromatic N) is 1. The zero-order valence-corrected chi connectivity index (χ0v) is 12.4. The number of rotatable bonds is 4. The number of hydrogen-bond acceptors (Lipinski definition) is 2. The van der Waals surface area contributed by atoms with Gasteiger partial charge >= 0.3 is 0 Å². The largest absolute Gasteiger partial charge is 0.367 e. The highest BCUT2D eigenvalue weighted by Gasteiger charge is 2.32. The van der Waals surface area contributed by atoms with E-state index in [4.69, 9.17) is 11.6 Å². The van der Waals surface area contributed by atoms with Crippen molar-refractivity contribution in [1.29, 1.82) is 0 Å². The Balaban J connectivity index is 1.71.